The van der Waals surface area contributed by atoms with E-state index >= 15 is 0 Å². The fourth-order valence-corrected chi connectivity index (χ4v) is 0.884. The van der Waals surface area contributed by atoms with Gasteiger partial charge in [-0.1, -0.05) is 32.1 Å². The second kappa shape index (κ2) is 11.4. The van der Waals surface area contributed by atoms with Crippen LogP contribution in [0.2, 0.25) is 0 Å². The van der Waals surface area contributed by atoms with Crippen molar-refractivity contribution in [1.29, 1.82) is 0 Å². The summed E-state index contributed by atoms with van der Waals surface area (Å²) >= 11 is 0. The van der Waals surface area contributed by atoms with Gasteiger partial charge in [-0.05, 0) is 0 Å². The molecule has 2 heteroatoms. The predicted molar refractivity (Wildman–Crippen MR) is 29.0 cm³/mol. The molecule has 0 heterocycles. The van der Waals surface area contributed by atoms with Gasteiger partial charge in [0.25, 0.3) is 0 Å². The summed E-state index contributed by atoms with van der Waals surface area (Å²) in [5.74, 6) is 0. The second-order valence-corrected chi connectivity index (χ2v) is 1.77. The smallest absolute Gasteiger partial charge is 0.857 e. The van der Waals surface area contributed by atoms with E-state index < -0.39 is 0 Å². The standard InChI is InChI=1S/C5H10.CH3O.K/c1-2-4-5-3-1;1-2;/h1-5H2;1H3;/q;-1;+1. The molecule has 0 bridgehead atoms. The van der Waals surface area contributed by atoms with E-state index in [2.05, 4.69) is 0 Å². The summed E-state index contributed by atoms with van der Waals surface area (Å²) in [6, 6.07) is 0. The first kappa shape index (κ1) is 12.3. The van der Waals surface area contributed by atoms with E-state index in [0.29, 0.717) is 0 Å². The Kier molecular flexibility index (Phi) is 17.5. The molecular weight excluding hydrogens is 127 g/mol. The van der Waals surface area contributed by atoms with Crippen molar-refractivity contribution in [2.75, 3.05) is 7.11 Å². The van der Waals surface area contributed by atoms with E-state index in [0.717, 1.165) is 7.11 Å². The molecular formula is C6H13KO. The zero-order valence-corrected chi connectivity index (χ0v) is 9.07. The first-order chi connectivity index (χ1) is 3.50. The molecule has 0 aromatic heterocycles. The van der Waals surface area contributed by atoms with Gasteiger partial charge in [-0.25, -0.2) is 0 Å². The Hall–Kier alpha value is 1.60. The van der Waals surface area contributed by atoms with E-state index in [-0.39, 0.29) is 51.4 Å². The van der Waals surface area contributed by atoms with E-state index in [1.54, 1.807) is 0 Å². The van der Waals surface area contributed by atoms with Crippen molar-refractivity contribution in [3.8, 4) is 0 Å². The van der Waals surface area contributed by atoms with E-state index in [1.807, 2.05) is 0 Å². The number of hydrogen-bond donors (Lipinski definition) is 0. The van der Waals surface area contributed by atoms with Gasteiger partial charge in [-0.3, -0.25) is 0 Å². The van der Waals surface area contributed by atoms with Crippen LogP contribution in [0.25, 0.3) is 0 Å². The van der Waals surface area contributed by atoms with Crippen molar-refractivity contribution < 1.29 is 56.5 Å². The molecule has 0 amide bonds. The SMILES string of the molecule is C1CCCC1.C[O-].[K+]. The van der Waals surface area contributed by atoms with Crippen LogP contribution in [0.15, 0.2) is 0 Å². The van der Waals surface area contributed by atoms with E-state index in [4.69, 9.17) is 5.11 Å². The Morgan fingerprint density at radius 2 is 0.875 bits per heavy atom. The van der Waals surface area contributed by atoms with Crippen LogP contribution in [0.4, 0.5) is 0 Å². The minimum atomic E-state index is 0. The average Bonchev–Trinajstić information content (AvgIpc) is 2.23. The van der Waals surface area contributed by atoms with Crippen LogP contribution >= 0.6 is 0 Å². The summed E-state index contributed by atoms with van der Waals surface area (Å²) in [4.78, 5) is 0. The Bertz CT molecular complexity index is 20.1. The average molecular weight is 140 g/mol. The molecule has 8 heavy (non-hydrogen) atoms. The molecule has 0 aromatic carbocycles. The largest absolute Gasteiger partial charge is 1.00 e. The van der Waals surface area contributed by atoms with Gasteiger partial charge in [-0.2, -0.15) is 7.11 Å². The van der Waals surface area contributed by atoms with E-state index in [9.17, 15) is 0 Å². The minimum absolute atomic E-state index is 0. The van der Waals surface area contributed by atoms with Gasteiger partial charge in [0.2, 0.25) is 0 Å². The fraction of sp³-hybridized carbons (Fsp3) is 1.00. The Balaban J connectivity index is 0. The molecule has 44 valence electrons. The van der Waals surface area contributed by atoms with Gasteiger partial charge in [0.1, 0.15) is 0 Å². The zero-order valence-electron chi connectivity index (χ0n) is 5.94. The quantitative estimate of drug-likeness (QED) is 0.355. The zero-order chi connectivity index (χ0) is 5.54. The van der Waals surface area contributed by atoms with Gasteiger partial charge in [0, 0.05) is 0 Å². The maximum atomic E-state index is 8.25. The maximum absolute atomic E-state index is 8.25. The Labute approximate surface area is 94.3 Å². The summed E-state index contributed by atoms with van der Waals surface area (Å²) in [6.07, 6.45) is 7.50. The number of rotatable bonds is 0. The summed E-state index contributed by atoms with van der Waals surface area (Å²) in [6.45, 7) is 0. The predicted octanol–water partition coefficient (Wildman–Crippen LogP) is -2.07. The van der Waals surface area contributed by atoms with Crippen LogP contribution in [0.5, 0.6) is 0 Å². The monoisotopic (exact) mass is 140 g/mol. The molecule has 1 fully saturated rings. The second-order valence-electron chi connectivity index (χ2n) is 1.77. The van der Waals surface area contributed by atoms with Crippen molar-refractivity contribution in [3.05, 3.63) is 0 Å². The molecule has 0 saturated heterocycles. The van der Waals surface area contributed by atoms with Crippen LogP contribution in [-0.2, 0) is 0 Å². The number of hydrogen-bond acceptors (Lipinski definition) is 1. The van der Waals surface area contributed by atoms with Gasteiger partial charge >= 0.3 is 51.4 Å². The third-order valence-electron chi connectivity index (χ3n) is 1.25. The van der Waals surface area contributed by atoms with Crippen LogP contribution in [0.3, 0.4) is 0 Å². The summed E-state index contributed by atoms with van der Waals surface area (Å²) in [7, 11) is 0.750. The normalized spacial score (nSPS) is 15.8. The molecule has 1 aliphatic carbocycles. The minimum Gasteiger partial charge on any atom is -0.857 e. The molecule has 0 radical (unpaired) electrons. The first-order valence-electron chi connectivity index (χ1n) is 2.91. The molecule has 1 rings (SSSR count). The van der Waals surface area contributed by atoms with Crippen molar-refractivity contribution in [1.82, 2.24) is 0 Å². The van der Waals surface area contributed by atoms with Crippen LogP contribution < -0.4 is 56.5 Å². The van der Waals surface area contributed by atoms with Gasteiger partial charge in [0.15, 0.2) is 0 Å². The van der Waals surface area contributed by atoms with Crippen molar-refractivity contribution in [2.24, 2.45) is 0 Å². The van der Waals surface area contributed by atoms with Crippen molar-refractivity contribution >= 4 is 0 Å². The van der Waals surface area contributed by atoms with Crippen LogP contribution in [0.1, 0.15) is 32.1 Å². The summed E-state index contributed by atoms with van der Waals surface area (Å²) in [5.41, 5.74) is 0. The van der Waals surface area contributed by atoms with Crippen molar-refractivity contribution in [2.45, 2.75) is 32.1 Å². The molecule has 1 nitrogen and oxygen atoms in total. The van der Waals surface area contributed by atoms with Gasteiger partial charge in [-0.15, -0.1) is 0 Å². The molecule has 0 N–H and O–H groups in total. The van der Waals surface area contributed by atoms with E-state index in [1.165, 1.54) is 32.1 Å². The Morgan fingerprint density at radius 3 is 1.00 bits per heavy atom. The first-order valence-corrected chi connectivity index (χ1v) is 2.91. The topological polar surface area (TPSA) is 23.1 Å². The summed E-state index contributed by atoms with van der Waals surface area (Å²) < 4.78 is 0. The molecule has 0 aromatic rings. The third-order valence-corrected chi connectivity index (χ3v) is 1.25. The molecule has 1 saturated carbocycles. The maximum Gasteiger partial charge on any atom is 1.00 e. The molecule has 0 spiro atoms. The molecule has 1 aliphatic rings. The van der Waals surface area contributed by atoms with Crippen LogP contribution in [-0.4, -0.2) is 7.11 Å². The Morgan fingerprint density at radius 1 is 0.750 bits per heavy atom. The molecule has 0 unspecified atom stereocenters. The van der Waals surface area contributed by atoms with Gasteiger partial charge < -0.3 is 5.11 Å². The van der Waals surface area contributed by atoms with Crippen molar-refractivity contribution in [3.63, 3.8) is 0 Å². The molecule has 0 aliphatic heterocycles. The third kappa shape index (κ3) is 7.60. The van der Waals surface area contributed by atoms with Crippen LogP contribution in [0, 0.1) is 0 Å². The fourth-order valence-electron chi connectivity index (χ4n) is 0.884. The van der Waals surface area contributed by atoms with Gasteiger partial charge in [0.05, 0.1) is 0 Å². The molecule has 0 atom stereocenters. The summed E-state index contributed by atoms with van der Waals surface area (Å²) in [5, 5.41) is 8.25.